The maximum absolute atomic E-state index is 12.3. The van der Waals surface area contributed by atoms with Crippen molar-refractivity contribution in [2.75, 3.05) is 13.1 Å². The second-order valence-corrected chi connectivity index (χ2v) is 5.58. The molecular weight excluding hydrogens is 266 g/mol. The number of rotatable bonds is 9. The SMILES string of the molecule is CCNCC(CC)(CC)C(C)NC(=O)c1cc(CC)on1. The number of amides is 1. The smallest absolute Gasteiger partial charge is 0.273 e. The average molecular weight is 295 g/mol. The topological polar surface area (TPSA) is 67.2 Å². The van der Waals surface area contributed by atoms with E-state index >= 15 is 0 Å². The lowest BCUT2D eigenvalue weighted by Gasteiger charge is -2.38. The molecule has 21 heavy (non-hydrogen) atoms. The summed E-state index contributed by atoms with van der Waals surface area (Å²) in [4.78, 5) is 12.3. The van der Waals surface area contributed by atoms with E-state index in [1.54, 1.807) is 6.07 Å². The lowest BCUT2D eigenvalue weighted by atomic mass is 9.76. The first-order chi connectivity index (χ1) is 10.0. The van der Waals surface area contributed by atoms with E-state index in [4.69, 9.17) is 4.52 Å². The van der Waals surface area contributed by atoms with Crippen molar-refractivity contribution in [2.45, 2.75) is 59.9 Å². The molecule has 0 aliphatic rings. The number of aryl methyl sites for hydroxylation is 1. The van der Waals surface area contributed by atoms with Crippen LogP contribution in [0.4, 0.5) is 0 Å². The lowest BCUT2D eigenvalue weighted by Crippen LogP contribution is -2.50. The molecule has 5 nitrogen and oxygen atoms in total. The second kappa shape index (κ2) is 8.17. The molecule has 120 valence electrons. The Kier molecular flexibility index (Phi) is 6.89. The number of carbonyl (C=O) groups is 1. The van der Waals surface area contributed by atoms with Crippen molar-refractivity contribution in [3.63, 3.8) is 0 Å². The summed E-state index contributed by atoms with van der Waals surface area (Å²) in [6.45, 7) is 12.3. The molecule has 0 aliphatic carbocycles. The molecule has 1 rings (SSSR count). The summed E-state index contributed by atoms with van der Waals surface area (Å²) in [5, 5.41) is 10.3. The van der Waals surface area contributed by atoms with Crippen LogP contribution in [0.3, 0.4) is 0 Å². The Labute approximate surface area is 127 Å². The number of aromatic nitrogens is 1. The Balaban J connectivity index is 2.75. The van der Waals surface area contributed by atoms with Gasteiger partial charge in [-0.2, -0.15) is 0 Å². The van der Waals surface area contributed by atoms with Crippen molar-refractivity contribution in [1.82, 2.24) is 15.8 Å². The zero-order valence-corrected chi connectivity index (χ0v) is 14.0. The molecule has 0 saturated heterocycles. The van der Waals surface area contributed by atoms with Gasteiger partial charge in [0.05, 0.1) is 0 Å². The molecule has 0 radical (unpaired) electrons. The standard InChI is InChI=1S/C16H29N3O2/c1-6-13-10-14(19-21-13)15(20)18-12(5)16(7-2,8-3)11-17-9-4/h10,12,17H,6-9,11H2,1-5H3,(H,18,20). The van der Waals surface area contributed by atoms with Crippen molar-refractivity contribution in [3.8, 4) is 0 Å². The van der Waals surface area contributed by atoms with Gasteiger partial charge in [0.2, 0.25) is 0 Å². The summed E-state index contributed by atoms with van der Waals surface area (Å²) < 4.78 is 5.10. The maximum Gasteiger partial charge on any atom is 0.273 e. The number of nitrogens with one attached hydrogen (secondary N) is 2. The molecule has 1 heterocycles. The monoisotopic (exact) mass is 295 g/mol. The van der Waals surface area contributed by atoms with E-state index < -0.39 is 0 Å². The van der Waals surface area contributed by atoms with E-state index in [2.05, 4.69) is 43.5 Å². The van der Waals surface area contributed by atoms with Crippen LogP contribution in [0.15, 0.2) is 10.6 Å². The fraction of sp³-hybridized carbons (Fsp3) is 0.750. The first-order valence-corrected chi connectivity index (χ1v) is 8.00. The van der Waals surface area contributed by atoms with Crippen LogP contribution in [0.1, 0.15) is 63.7 Å². The van der Waals surface area contributed by atoms with Gasteiger partial charge in [0.25, 0.3) is 5.91 Å². The van der Waals surface area contributed by atoms with Crippen LogP contribution in [0.5, 0.6) is 0 Å². The summed E-state index contributed by atoms with van der Waals surface area (Å²) in [6.07, 6.45) is 2.76. The molecule has 0 aromatic carbocycles. The number of hydrogen-bond acceptors (Lipinski definition) is 4. The van der Waals surface area contributed by atoms with Crippen LogP contribution in [0.2, 0.25) is 0 Å². The molecule has 0 saturated carbocycles. The van der Waals surface area contributed by atoms with Gasteiger partial charge in [0.1, 0.15) is 5.76 Å². The summed E-state index contributed by atoms with van der Waals surface area (Å²) in [5.74, 6) is 0.575. The number of nitrogens with zero attached hydrogens (tertiary/aromatic N) is 1. The molecule has 0 spiro atoms. The highest BCUT2D eigenvalue weighted by Crippen LogP contribution is 2.30. The molecule has 0 fully saturated rings. The highest BCUT2D eigenvalue weighted by atomic mass is 16.5. The molecule has 0 aliphatic heterocycles. The van der Waals surface area contributed by atoms with E-state index in [-0.39, 0.29) is 17.4 Å². The van der Waals surface area contributed by atoms with E-state index in [0.29, 0.717) is 5.69 Å². The van der Waals surface area contributed by atoms with E-state index in [1.165, 1.54) is 0 Å². The molecule has 5 heteroatoms. The Morgan fingerprint density at radius 3 is 2.48 bits per heavy atom. The van der Waals surface area contributed by atoms with Gasteiger partial charge in [-0.25, -0.2) is 0 Å². The van der Waals surface area contributed by atoms with Crippen LogP contribution in [-0.4, -0.2) is 30.2 Å². The van der Waals surface area contributed by atoms with Crippen LogP contribution in [0, 0.1) is 5.41 Å². The van der Waals surface area contributed by atoms with Gasteiger partial charge in [0, 0.05) is 30.5 Å². The zero-order chi connectivity index (χ0) is 15.9. The van der Waals surface area contributed by atoms with Gasteiger partial charge in [0.15, 0.2) is 5.69 Å². The van der Waals surface area contributed by atoms with E-state index in [9.17, 15) is 4.79 Å². The first-order valence-electron chi connectivity index (χ1n) is 8.00. The summed E-state index contributed by atoms with van der Waals surface area (Å²) in [7, 11) is 0. The summed E-state index contributed by atoms with van der Waals surface area (Å²) in [5.41, 5.74) is 0.423. The van der Waals surface area contributed by atoms with Crippen LogP contribution in [0.25, 0.3) is 0 Å². The molecule has 2 N–H and O–H groups in total. The molecule has 0 bridgehead atoms. The number of hydrogen-bond donors (Lipinski definition) is 2. The fourth-order valence-electron chi connectivity index (χ4n) is 2.65. The molecule has 1 unspecified atom stereocenters. The van der Waals surface area contributed by atoms with Crippen molar-refractivity contribution >= 4 is 5.91 Å². The Bertz CT molecular complexity index is 438. The minimum atomic E-state index is -0.159. The van der Waals surface area contributed by atoms with Crippen LogP contribution < -0.4 is 10.6 Å². The first kappa shape index (κ1) is 17.7. The van der Waals surface area contributed by atoms with Gasteiger partial charge in [-0.1, -0.05) is 32.9 Å². The molecule has 1 aromatic rings. The van der Waals surface area contributed by atoms with Crippen molar-refractivity contribution in [3.05, 3.63) is 17.5 Å². The Morgan fingerprint density at radius 2 is 2.00 bits per heavy atom. The Hall–Kier alpha value is -1.36. The zero-order valence-electron chi connectivity index (χ0n) is 14.0. The van der Waals surface area contributed by atoms with Crippen molar-refractivity contribution in [2.24, 2.45) is 5.41 Å². The maximum atomic E-state index is 12.3. The lowest BCUT2D eigenvalue weighted by molar-refractivity contribution is 0.0864. The third-order valence-electron chi connectivity index (χ3n) is 4.54. The van der Waals surface area contributed by atoms with Gasteiger partial charge in [-0.05, 0) is 26.3 Å². The number of carbonyl (C=O) groups excluding carboxylic acids is 1. The third kappa shape index (κ3) is 4.30. The van der Waals surface area contributed by atoms with Gasteiger partial charge in [-0.3, -0.25) is 4.79 Å². The average Bonchev–Trinajstić information content (AvgIpc) is 2.98. The second-order valence-electron chi connectivity index (χ2n) is 5.58. The summed E-state index contributed by atoms with van der Waals surface area (Å²) >= 11 is 0. The molecule has 1 amide bonds. The molecule has 1 aromatic heterocycles. The Morgan fingerprint density at radius 1 is 1.33 bits per heavy atom. The fourth-order valence-corrected chi connectivity index (χ4v) is 2.65. The van der Waals surface area contributed by atoms with Gasteiger partial charge >= 0.3 is 0 Å². The predicted molar refractivity (Wildman–Crippen MR) is 84.4 cm³/mol. The third-order valence-corrected chi connectivity index (χ3v) is 4.54. The van der Waals surface area contributed by atoms with Gasteiger partial charge in [-0.15, -0.1) is 0 Å². The minimum Gasteiger partial charge on any atom is -0.361 e. The molecule has 1 atom stereocenters. The largest absolute Gasteiger partial charge is 0.361 e. The van der Waals surface area contributed by atoms with E-state index in [1.807, 2.05) is 6.92 Å². The van der Waals surface area contributed by atoms with Crippen molar-refractivity contribution < 1.29 is 9.32 Å². The van der Waals surface area contributed by atoms with Crippen LogP contribution >= 0.6 is 0 Å². The van der Waals surface area contributed by atoms with Crippen molar-refractivity contribution in [1.29, 1.82) is 0 Å². The normalized spacial score (nSPS) is 13.2. The van der Waals surface area contributed by atoms with Crippen LogP contribution in [-0.2, 0) is 6.42 Å². The quantitative estimate of drug-likeness (QED) is 0.735. The summed E-state index contributed by atoms with van der Waals surface area (Å²) in [6, 6.07) is 1.78. The highest BCUT2D eigenvalue weighted by Gasteiger charge is 2.33. The van der Waals surface area contributed by atoms with E-state index in [0.717, 1.165) is 38.1 Å². The predicted octanol–water partition coefficient (Wildman–Crippen LogP) is 2.77. The highest BCUT2D eigenvalue weighted by molar-refractivity contribution is 5.92. The molecular formula is C16H29N3O2. The minimum absolute atomic E-state index is 0.0585. The van der Waals surface area contributed by atoms with Gasteiger partial charge < -0.3 is 15.2 Å².